The second-order valence-electron chi connectivity index (χ2n) is 26.2. The van der Waals surface area contributed by atoms with E-state index in [1.165, 1.54) is 212 Å². The van der Waals surface area contributed by atoms with Crippen LogP contribution >= 0.6 is 0 Å². The number of hydrogen-bond donors (Lipinski definition) is 0. The van der Waals surface area contributed by atoms with Gasteiger partial charge in [-0.25, -0.2) is 0 Å². The third kappa shape index (κ3) is 71.5. The molecular formula is C80H141NO8. The van der Waals surface area contributed by atoms with Crippen LogP contribution in [-0.2, 0) is 33.3 Å². The molecule has 514 valence electrons. The zero-order valence-electron chi connectivity index (χ0n) is 58.8. The third-order valence-corrected chi connectivity index (χ3v) is 16.3. The number of hydrogen-bond acceptors (Lipinski definition) is 8. The molecule has 0 aromatic rings. The summed E-state index contributed by atoms with van der Waals surface area (Å²) in [6.45, 7) is 4.68. The van der Waals surface area contributed by atoms with Gasteiger partial charge in [0.25, 0.3) is 0 Å². The second-order valence-corrected chi connectivity index (χ2v) is 26.2. The average molecular weight is 1250 g/mol. The Morgan fingerprint density at radius 2 is 0.640 bits per heavy atom. The summed E-state index contributed by atoms with van der Waals surface area (Å²) >= 11 is 0. The molecule has 0 spiro atoms. The number of carbonyl (C=O) groups is 3. The number of esters is 2. The molecular weight excluding hydrogens is 1100 g/mol. The van der Waals surface area contributed by atoms with E-state index in [1.54, 1.807) is 0 Å². The maximum Gasteiger partial charge on any atom is 0.306 e. The first-order valence-corrected chi connectivity index (χ1v) is 37.4. The molecule has 2 atom stereocenters. The van der Waals surface area contributed by atoms with Crippen LogP contribution in [0.1, 0.15) is 335 Å². The number of aliphatic carboxylic acids is 1. The van der Waals surface area contributed by atoms with E-state index in [9.17, 15) is 19.5 Å². The molecule has 0 fully saturated rings. The summed E-state index contributed by atoms with van der Waals surface area (Å²) in [5, 5.41) is 11.8. The second kappa shape index (κ2) is 70.1. The van der Waals surface area contributed by atoms with Crippen LogP contribution in [0.15, 0.2) is 97.2 Å². The number of ether oxygens (including phenoxy) is 4. The highest BCUT2D eigenvalue weighted by Gasteiger charge is 2.22. The van der Waals surface area contributed by atoms with Crippen molar-refractivity contribution in [2.45, 2.75) is 347 Å². The first kappa shape index (κ1) is 85.2. The largest absolute Gasteiger partial charge is 0.545 e. The fraction of sp³-hybridized carbons (Fsp3) is 0.762. The third-order valence-electron chi connectivity index (χ3n) is 16.3. The van der Waals surface area contributed by atoms with Crippen molar-refractivity contribution in [1.29, 1.82) is 0 Å². The predicted molar refractivity (Wildman–Crippen MR) is 380 cm³/mol. The Morgan fingerprint density at radius 1 is 0.348 bits per heavy atom. The van der Waals surface area contributed by atoms with Crippen molar-refractivity contribution in [1.82, 2.24) is 0 Å². The number of quaternary nitrogens is 1. The maximum atomic E-state index is 13.0. The van der Waals surface area contributed by atoms with Gasteiger partial charge in [-0.3, -0.25) is 9.59 Å². The fourth-order valence-electron chi connectivity index (χ4n) is 10.7. The molecule has 0 saturated heterocycles. The lowest BCUT2D eigenvalue weighted by atomic mass is 10.0. The summed E-state index contributed by atoms with van der Waals surface area (Å²) in [4.78, 5) is 37.5. The molecule has 2 unspecified atom stereocenters. The van der Waals surface area contributed by atoms with Gasteiger partial charge >= 0.3 is 11.9 Å². The molecule has 0 saturated carbocycles. The molecule has 9 heteroatoms. The van der Waals surface area contributed by atoms with Crippen molar-refractivity contribution < 1.29 is 42.9 Å². The minimum Gasteiger partial charge on any atom is -0.545 e. The molecule has 0 rings (SSSR count). The van der Waals surface area contributed by atoms with Gasteiger partial charge in [-0.2, -0.15) is 0 Å². The lowest BCUT2D eigenvalue weighted by Gasteiger charge is -2.26. The Balaban J connectivity index is 4.06. The smallest absolute Gasteiger partial charge is 0.306 e. The summed E-state index contributed by atoms with van der Waals surface area (Å²) in [7, 11) is 5.94. The topological polar surface area (TPSA) is 111 Å². The molecule has 0 amide bonds. The van der Waals surface area contributed by atoms with Crippen LogP contribution in [0.4, 0.5) is 0 Å². The molecule has 0 aromatic heterocycles. The summed E-state index contributed by atoms with van der Waals surface area (Å²) in [6, 6.07) is 0. The van der Waals surface area contributed by atoms with Crippen molar-refractivity contribution in [2.75, 3.05) is 47.5 Å². The van der Waals surface area contributed by atoms with Crippen LogP contribution in [-0.4, -0.2) is 82.3 Å². The number of allylic oxidation sites excluding steroid dienone is 16. The highest BCUT2D eigenvalue weighted by Crippen LogP contribution is 2.18. The van der Waals surface area contributed by atoms with Gasteiger partial charge in [0.15, 0.2) is 12.4 Å². The number of likely N-dealkylation sites (N-methyl/N-ethyl adjacent to an activating group) is 1. The number of unbranched alkanes of at least 4 members (excludes halogenated alkanes) is 38. The van der Waals surface area contributed by atoms with Gasteiger partial charge in [0.2, 0.25) is 0 Å². The Labute approximate surface area is 550 Å². The van der Waals surface area contributed by atoms with Gasteiger partial charge in [-0.15, -0.1) is 0 Å². The predicted octanol–water partition coefficient (Wildman–Crippen LogP) is 22.3. The Morgan fingerprint density at radius 3 is 0.955 bits per heavy atom. The lowest BCUT2D eigenvalue weighted by molar-refractivity contribution is -0.870. The molecule has 0 aliphatic heterocycles. The summed E-state index contributed by atoms with van der Waals surface area (Å²) in [6.07, 6.45) is 93.6. The van der Waals surface area contributed by atoms with E-state index in [4.69, 9.17) is 18.9 Å². The van der Waals surface area contributed by atoms with Crippen LogP contribution in [0, 0.1) is 0 Å². The summed E-state index contributed by atoms with van der Waals surface area (Å²) < 4.78 is 22.8. The number of carbonyl (C=O) groups excluding carboxylic acids is 3. The highest BCUT2D eigenvalue weighted by molar-refractivity contribution is 5.70. The maximum absolute atomic E-state index is 13.0. The van der Waals surface area contributed by atoms with Gasteiger partial charge < -0.3 is 33.3 Å². The van der Waals surface area contributed by atoms with E-state index >= 15 is 0 Å². The van der Waals surface area contributed by atoms with E-state index in [-0.39, 0.29) is 32.2 Å². The number of rotatable bonds is 69. The lowest BCUT2D eigenvalue weighted by Crippen LogP contribution is -2.44. The number of nitrogens with zero attached hydrogens (tertiary/aromatic N) is 1. The summed E-state index contributed by atoms with van der Waals surface area (Å²) in [5.74, 6) is -2.27. The average Bonchev–Trinajstić information content (AvgIpc) is 3.64. The minimum absolute atomic E-state index is 0.147. The Bertz CT molecular complexity index is 1790. The SMILES string of the molecule is CC/C=C\C/C=C\C/C=C\C/C=C\C/C=C\C/C=C\C/C=C\C/C=C\CCCCCCCCCCCCCCCCC(=O)OC(COC(=O)CCCCCCCCCCCCCCCCCCCCCCCCCCC)COC(OCC[N+](C)(C)C)C(=O)[O-]. The fourth-order valence-corrected chi connectivity index (χ4v) is 10.7. The standard InChI is InChI=1S/C80H141NO8/c1-6-8-10-12-14-16-18-20-22-24-26-28-30-32-33-34-35-36-37-38-39-40-41-42-43-44-45-47-49-51-53-55-57-59-61-63-65-67-69-71-78(83)89-76(75-88-80(79(84)85)86-73-72-81(3,4)5)74-87-77(82)70-68-66-64-62-60-58-56-54-52-50-48-46-31-29-27-25-23-21-19-17-15-13-11-9-7-2/h8,10,14,16,20,22,26,28,32-33,35-36,38-39,41-42,76,80H,6-7,9,11-13,15,17-19,21,23-25,27,29-31,34,37,40,43-75H2,1-5H3/b10-8-,16-14-,22-20-,28-26-,33-32-,36-35-,39-38-,42-41-. The molecule has 0 heterocycles. The normalized spacial score (nSPS) is 13.2. The van der Waals surface area contributed by atoms with Crippen LogP contribution in [0.3, 0.4) is 0 Å². The zero-order chi connectivity index (χ0) is 64.7. The van der Waals surface area contributed by atoms with E-state index in [0.717, 1.165) is 89.9 Å². The van der Waals surface area contributed by atoms with Gasteiger partial charge in [0, 0.05) is 12.8 Å². The van der Waals surface area contributed by atoms with E-state index < -0.39 is 24.3 Å². The van der Waals surface area contributed by atoms with Crippen LogP contribution < -0.4 is 5.11 Å². The monoisotopic (exact) mass is 1240 g/mol. The molecule has 0 aromatic carbocycles. The van der Waals surface area contributed by atoms with Crippen molar-refractivity contribution in [3.05, 3.63) is 97.2 Å². The highest BCUT2D eigenvalue weighted by atomic mass is 16.7. The first-order chi connectivity index (χ1) is 43.6. The van der Waals surface area contributed by atoms with Crippen molar-refractivity contribution in [3.63, 3.8) is 0 Å². The van der Waals surface area contributed by atoms with Gasteiger partial charge in [-0.05, 0) is 77.0 Å². The van der Waals surface area contributed by atoms with Crippen molar-refractivity contribution in [3.8, 4) is 0 Å². The van der Waals surface area contributed by atoms with Crippen LogP contribution in [0.5, 0.6) is 0 Å². The minimum atomic E-state index is -1.62. The van der Waals surface area contributed by atoms with E-state index in [2.05, 4.69) is 111 Å². The molecule has 0 aliphatic carbocycles. The molecule has 89 heavy (non-hydrogen) atoms. The quantitative estimate of drug-likeness (QED) is 0.0195. The van der Waals surface area contributed by atoms with E-state index in [0.29, 0.717) is 23.9 Å². The summed E-state index contributed by atoms with van der Waals surface area (Å²) in [5.41, 5.74) is 0. The van der Waals surface area contributed by atoms with Crippen molar-refractivity contribution >= 4 is 17.9 Å². The molecule has 0 bridgehead atoms. The van der Waals surface area contributed by atoms with Gasteiger partial charge in [-0.1, -0.05) is 342 Å². The number of carboxylic acids is 1. The molecule has 0 aliphatic rings. The molecule has 0 N–H and O–H groups in total. The first-order valence-electron chi connectivity index (χ1n) is 37.4. The molecule has 9 nitrogen and oxygen atoms in total. The Kier molecular flexibility index (Phi) is 67.1. The Hall–Kier alpha value is -3.79. The van der Waals surface area contributed by atoms with Crippen LogP contribution in [0.2, 0.25) is 0 Å². The molecule has 0 radical (unpaired) electrons. The van der Waals surface area contributed by atoms with Gasteiger partial charge in [0.05, 0.1) is 40.3 Å². The van der Waals surface area contributed by atoms with Crippen LogP contribution in [0.25, 0.3) is 0 Å². The van der Waals surface area contributed by atoms with Crippen molar-refractivity contribution in [2.24, 2.45) is 0 Å². The van der Waals surface area contributed by atoms with E-state index in [1.807, 2.05) is 21.1 Å². The van der Waals surface area contributed by atoms with Gasteiger partial charge in [0.1, 0.15) is 13.2 Å². The zero-order valence-corrected chi connectivity index (χ0v) is 58.8. The number of carboxylic acid groups (broad SMARTS) is 1.